The van der Waals surface area contributed by atoms with Gasteiger partial charge in [-0.05, 0) is 25.5 Å². The molecule has 0 aliphatic carbocycles. The number of aromatic amines is 1. The molecule has 0 spiro atoms. The number of anilines is 2. The molecule has 6 nitrogen and oxygen atoms in total. The third-order valence-electron chi connectivity index (χ3n) is 3.14. The molecule has 0 radical (unpaired) electrons. The molecule has 3 aromatic rings. The van der Waals surface area contributed by atoms with Gasteiger partial charge < -0.3 is 10.6 Å². The number of aromatic nitrogens is 4. The van der Waals surface area contributed by atoms with Gasteiger partial charge in [-0.25, -0.2) is 0 Å². The van der Waals surface area contributed by atoms with E-state index in [0.29, 0.717) is 5.95 Å². The zero-order valence-corrected chi connectivity index (χ0v) is 12.9. The molecule has 110 valence electrons. The van der Waals surface area contributed by atoms with Gasteiger partial charge in [-0.1, -0.05) is 6.92 Å². The number of H-pyrrole nitrogens is 1. The summed E-state index contributed by atoms with van der Waals surface area (Å²) in [5.41, 5.74) is 0.740. The first-order valence-electron chi connectivity index (χ1n) is 7.06. The van der Waals surface area contributed by atoms with Crippen LogP contribution in [0.2, 0.25) is 0 Å². The van der Waals surface area contributed by atoms with E-state index >= 15 is 0 Å². The van der Waals surface area contributed by atoms with Gasteiger partial charge in [0.1, 0.15) is 5.82 Å². The maximum absolute atomic E-state index is 4.52. The molecular formula is C14H18N6S. The Morgan fingerprint density at radius 2 is 2.00 bits per heavy atom. The Bertz CT molecular complexity index is 732. The third-order valence-corrected chi connectivity index (χ3v) is 4.37. The summed E-state index contributed by atoms with van der Waals surface area (Å²) >= 11 is 1.83. The van der Waals surface area contributed by atoms with E-state index in [1.165, 1.54) is 9.75 Å². The molecule has 3 heterocycles. The van der Waals surface area contributed by atoms with Crippen molar-refractivity contribution in [3.05, 3.63) is 28.1 Å². The van der Waals surface area contributed by atoms with Crippen LogP contribution < -0.4 is 10.6 Å². The van der Waals surface area contributed by atoms with Crippen molar-refractivity contribution in [2.75, 3.05) is 17.2 Å². The van der Waals surface area contributed by atoms with Crippen LogP contribution in [-0.4, -0.2) is 26.7 Å². The Hall–Kier alpha value is -2.15. The summed E-state index contributed by atoms with van der Waals surface area (Å²) < 4.78 is 0. The summed E-state index contributed by atoms with van der Waals surface area (Å²) in [6.07, 6.45) is 2.83. The maximum atomic E-state index is 4.52. The average Bonchev–Trinajstić information content (AvgIpc) is 3.13. The molecule has 0 aliphatic rings. The van der Waals surface area contributed by atoms with Crippen LogP contribution in [0.5, 0.6) is 0 Å². The number of thiophene rings is 1. The van der Waals surface area contributed by atoms with E-state index in [1.54, 1.807) is 6.20 Å². The van der Waals surface area contributed by atoms with Gasteiger partial charge in [0.25, 0.3) is 0 Å². The summed E-state index contributed by atoms with van der Waals surface area (Å²) in [5, 5.41) is 14.4. The van der Waals surface area contributed by atoms with Crippen molar-refractivity contribution in [3.63, 3.8) is 0 Å². The second-order valence-corrected chi connectivity index (χ2v) is 5.89. The predicted molar refractivity (Wildman–Crippen MR) is 86.9 cm³/mol. The van der Waals surface area contributed by atoms with Crippen LogP contribution in [0, 0.1) is 0 Å². The molecule has 0 unspecified atom stereocenters. The normalized spacial score (nSPS) is 11.0. The van der Waals surface area contributed by atoms with Crippen molar-refractivity contribution >= 4 is 34.1 Å². The summed E-state index contributed by atoms with van der Waals surface area (Å²) in [6.45, 7) is 5.73. The lowest BCUT2D eigenvalue weighted by molar-refractivity contribution is 1.06. The summed E-state index contributed by atoms with van der Waals surface area (Å²) in [7, 11) is 0. The first kappa shape index (κ1) is 13.8. The number of hydrogen-bond acceptors (Lipinski definition) is 6. The number of nitrogens with one attached hydrogen (secondary N) is 3. The average molecular weight is 302 g/mol. The number of aryl methyl sites for hydroxylation is 1. The first-order chi connectivity index (χ1) is 10.3. The molecule has 0 aliphatic heterocycles. The zero-order chi connectivity index (χ0) is 14.7. The Balaban J connectivity index is 1.83. The molecule has 0 bridgehead atoms. The third kappa shape index (κ3) is 2.97. The molecule has 0 fully saturated rings. The lowest BCUT2D eigenvalue weighted by atomic mass is 10.3. The van der Waals surface area contributed by atoms with Gasteiger partial charge >= 0.3 is 0 Å². The molecule has 0 saturated carbocycles. The first-order valence-corrected chi connectivity index (χ1v) is 7.88. The zero-order valence-electron chi connectivity index (χ0n) is 12.1. The monoisotopic (exact) mass is 302 g/mol. The van der Waals surface area contributed by atoms with E-state index < -0.39 is 0 Å². The van der Waals surface area contributed by atoms with Crippen LogP contribution in [0.1, 0.15) is 23.6 Å². The van der Waals surface area contributed by atoms with Gasteiger partial charge in [0.15, 0.2) is 5.65 Å². The van der Waals surface area contributed by atoms with Gasteiger partial charge in [-0.2, -0.15) is 15.1 Å². The smallest absolute Gasteiger partial charge is 0.226 e. The SMILES string of the molecule is CCNc1nc(NCc2ccc(CC)s2)c2cn[nH]c2n1. The van der Waals surface area contributed by atoms with E-state index in [1.807, 2.05) is 18.3 Å². The molecule has 3 aromatic heterocycles. The minimum absolute atomic E-state index is 0.608. The largest absolute Gasteiger partial charge is 0.364 e. The highest BCUT2D eigenvalue weighted by atomic mass is 32.1. The van der Waals surface area contributed by atoms with Gasteiger partial charge in [-0.3, -0.25) is 5.10 Å². The second-order valence-electron chi connectivity index (χ2n) is 4.63. The fourth-order valence-electron chi connectivity index (χ4n) is 2.08. The quantitative estimate of drug-likeness (QED) is 0.652. The fraction of sp³-hybridized carbons (Fsp3) is 0.357. The van der Waals surface area contributed by atoms with Crippen LogP contribution in [0.15, 0.2) is 18.3 Å². The number of rotatable bonds is 6. The van der Waals surface area contributed by atoms with Crippen LogP contribution >= 0.6 is 11.3 Å². The van der Waals surface area contributed by atoms with E-state index in [-0.39, 0.29) is 0 Å². The topological polar surface area (TPSA) is 78.5 Å². The molecule has 0 atom stereocenters. The molecular weight excluding hydrogens is 284 g/mol. The van der Waals surface area contributed by atoms with Crippen molar-refractivity contribution in [2.45, 2.75) is 26.8 Å². The maximum Gasteiger partial charge on any atom is 0.226 e. The molecule has 3 N–H and O–H groups in total. The Kier molecular flexibility index (Phi) is 4.01. The van der Waals surface area contributed by atoms with Gasteiger partial charge in [-0.15, -0.1) is 11.3 Å². The summed E-state index contributed by atoms with van der Waals surface area (Å²) in [6, 6.07) is 4.34. The van der Waals surface area contributed by atoms with Crippen molar-refractivity contribution in [2.24, 2.45) is 0 Å². The van der Waals surface area contributed by atoms with Crippen LogP contribution in [-0.2, 0) is 13.0 Å². The predicted octanol–water partition coefficient (Wildman–Crippen LogP) is 3.02. The van der Waals surface area contributed by atoms with E-state index in [0.717, 1.165) is 36.4 Å². The van der Waals surface area contributed by atoms with Gasteiger partial charge in [0, 0.05) is 16.3 Å². The standard InChI is InChI=1S/C14H18N6S/c1-3-9-5-6-10(21-9)7-16-12-11-8-17-20-13(11)19-14(18-12)15-4-2/h5-6,8H,3-4,7H2,1-2H3,(H3,15,16,17,18,19,20). The molecule has 0 amide bonds. The highest BCUT2D eigenvalue weighted by Crippen LogP contribution is 2.22. The highest BCUT2D eigenvalue weighted by molar-refractivity contribution is 7.12. The summed E-state index contributed by atoms with van der Waals surface area (Å²) in [5.74, 6) is 1.41. The van der Waals surface area contributed by atoms with Crippen LogP contribution in [0.25, 0.3) is 11.0 Å². The molecule has 21 heavy (non-hydrogen) atoms. The van der Waals surface area contributed by atoms with Crippen molar-refractivity contribution in [1.82, 2.24) is 20.2 Å². The van der Waals surface area contributed by atoms with Crippen LogP contribution in [0.3, 0.4) is 0 Å². The van der Waals surface area contributed by atoms with E-state index in [2.05, 4.69) is 49.9 Å². The van der Waals surface area contributed by atoms with Gasteiger partial charge in [0.2, 0.25) is 5.95 Å². The lowest BCUT2D eigenvalue weighted by Crippen LogP contribution is -2.06. The number of fused-ring (bicyclic) bond motifs is 1. The van der Waals surface area contributed by atoms with Gasteiger partial charge in [0.05, 0.1) is 18.1 Å². The Morgan fingerprint density at radius 1 is 1.14 bits per heavy atom. The second kappa shape index (κ2) is 6.09. The highest BCUT2D eigenvalue weighted by Gasteiger charge is 2.09. The molecule has 3 rings (SSSR count). The Morgan fingerprint density at radius 3 is 2.76 bits per heavy atom. The fourth-order valence-corrected chi connectivity index (χ4v) is 2.98. The van der Waals surface area contributed by atoms with Crippen molar-refractivity contribution in [1.29, 1.82) is 0 Å². The Labute approximate surface area is 127 Å². The van der Waals surface area contributed by atoms with Crippen molar-refractivity contribution < 1.29 is 0 Å². The van der Waals surface area contributed by atoms with Crippen molar-refractivity contribution in [3.8, 4) is 0 Å². The molecule has 0 aromatic carbocycles. The van der Waals surface area contributed by atoms with E-state index in [9.17, 15) is 0 Å². The van der Waals surface area contributed by atoms with E-state index in [4.69, 9.17) is 0 Å². The minimum Gasteiger partial charge on any atom is -0.364 e. The molecule has 7 heteroatoms. The lowest BCUT2D eigenvalue weighted by Gasteiger charge is -2.08. The summed E-state index contributed by atoms with van der Waals surface area (Å²) in [4.78, 5) is 11.6. The molecule has 0 saturated heterocycles. The van der Waals surface area contributed by atoms with Crippen LogP contribution in [0.4, 0.5) is 11.8 Å². The number of hydrogen-bond donors (Lipinski definition) is 3. The minimum atomic E-state index is 0.608. The number of nitrogens with zero attached hydrogens (tertiary/aromatic N) is 3.